The van der Waals surface area contributed by atoms with E-state index in [1.165, 1.54) is 0 Å². The van der Waals surface area contributed by atoms with Crippen LogP contribution in [0.3, 0.4) is 0 Å². The summed E-state index contributed by atoms with van der Waals surface area (Å²) in [7, 11) is 0. The van der Waals surface area contributed by atoms with Gasteiger partial charge in [0, 0.05) is 24.1 Å². The van der Waals surface area contributed by atoms with Crippen molar-refractivity contribution in [3.8, 4) is 5.75 Å². The third-order valence-corrected chi connectivity index (χ3v) is 4.40. The summed E-state index contributed by atoms with van der Waals surface area (Å²) in [5.41, 5.74) is 0. The molecule has 28 heavy (non-hydrogen) atoms. The van der Waals surface area contributed by atoms with Crippen LogP contribution in [-0.4, -0.2) is 78.7 Å². The summed E-state index contributed by atoms with van der Waals surface area (Å²) in [6.45, 7) is 8.85. The molecule has 8 nitrogen and oxygen atoms in total. The lowest BCUT2D eigenvalue weighted by Crippen LogP contribution is -2.46. The summed E-state index contributed by atoms with van der Waals surface area (Å²) in [5.74, 6) is -2.96. The van der Waals surface area contributed by atoms with Crippen molar-refractivity contribution in [3.05, 3.63) is 27.7 Å². The SMILES string of the molecule is CC1CN(CCOCCOc2ccc(Br)cc2Cl)CC(C)O1.O=C(O)C(=O)O. The fourth-order valence-corrected chi connectivity index (χ4v) is 3.29. The summed E-state index contributed by atoms with van der Waals surface area (Å²) in [4.78, 5) is 20.6. The minimum atomic E-state index is -1.82. The first-order valence-corrected chi connectivity index (χ1v) is 9.85. The molecule has 0 aromatic heterocycles. The molecule has 1 saturated heterocycles. The predicted molar refractivity (Wildman–Crippen MR) is 107 cm³/mol. The van der Waals surface area contributed by atoms with E-state index < -0.39 is 11.9 Å². The lowest BCUT2D eigenvalue weighted by molar-refractivity contribution is -0.159. The Kier molecular flexibility index (Phi) is 11.4. The van der Waals surface area contributed by atoms with Crippen LogP contribution in [0.5, 0.6) is 5.75 Å². The van der Waals surface area contributed by atoms with Crippen molar-refractivity contribution < 1.29 is 34.0 Å². The topological polar surface area (TPSA) is 106 Å². The maximum Gasteiger partial charge on any atom is 0.414 e. The molecule has 1 aliphatic heterocycles. The first-order valence-electron chi connectivity index (χ1n) is 8.68. The maximum absolute atomic E-state index is 9.10. The molecule has 1 aromatic carbocycles. The van der Waals surface area contributed by atoms with Crippen molar-refractivity contribution in [2.45, 2.75) is 26.1 Å². The molecule has 0 saturated carbocycles. The first-order chi connectivity index (χ1) is 13.2. The molecule has 0 spiro atoms. The van der Waals surface area contributed by atoms with Crippen molar-refractivity contribution >= 4 is 39.5 Å². The fourth-order valence-electron chi connectivity index (χ4n) is 2.57. The summed E-state index contributed by atoms with van der Waals surface area (Å²) in [6.07, 6.45) is 0.596. The largest absolute Gasteiger partial charge is 0.490 e. The number of carboxylic acids is 2. The van der Waals surface area contributed by atoms with E-state index >= 15 is 0 Å². The van der Waals surface area contributed by atoms with Gasteiger partial charge in [0.25, 0.3) is 0 Å². The highest BCUT2D eigenvalue weighted by molar-refractivity contribution is 9.10. The van der Waals surface area contributed by atoms with E-state index in [0.29, 0.717) is 42.8 Å². The number of carboxylic acid groups (broad SMARTS) is 2. The third kappa shape index (κ3) is 10.2. The summed E-state index contributed by atoms with van der Waals surface area (Å²) in [5, 5.41) is 15.4. The standard InChI is InChI=1S/C16H23BrClNO3.C2H2O4/c1-12-10-19(11-13(2)22-12)5-6-20-7-8-21-16-4-3-14(17)9-15(16)18;3-1(4)2(5)6/h3-4,9,12-13H,5-8,10-11H2,1-2H3;(H,3,4)(H,5,6). The molecule has 1 heterocycles. The minimum Gasteiger partial charge on any atom is -0.490 e. The van der Waals surface area contributed by atoms with Gasteiger partial charge < -0.3 is 24.4 Å². The number of rotatable bonds is 7. The van der Waals surface area contributed by atoms with Gasteiger partial charge in [-0.05, 0) is 32.0 Å². The van der Waals surface area contributed by atoms with Crippen LogP contribution in [0.15, 0.2) is 22.7 Å². The second kappa shape index (κ2) is 12.9. The Morgan fingerprint density at radius 1 is 1.18 bits per heavy atom. The fraction of sp³-hybridized carbons (Fsp3) is 0.556. The average molecular weight is 483 g/mol. The van der Waals surface area contributed by atoms with Gasteiger partial charge in [0.05, 0.1) is 30.4 Å². The van der Waals surface area contributed by atoms with Crippen molar-refractivity contribution in [1.82, 2.24) is 4.90 Å². The number of morpholine rings is 1. The number of hydrogen-bond acceptors (Lipinski definition) is 6. The van der Waals surface area contributed by atoms with Crippen molar-refractivity contribution in [2.24, 2.45) is 0 Å². The highest BCUT2D eigenvalue weighted by Gasteiger charge is 2.21. The predicted octanol–water partition coefficient (Wildman–Crippen LogP) is 2.76. The van der Waals surface area contributed by atoms with Crippen molar-refractivity contribution in [2.75, 3.05) is 39.5 Å². The lowest BCUT2D eigenvalue weighted by Gasteiger charge is -2.35. The summed E-state index contributed by atoms with van der Waals surface area (Å²) in [6, 6.07) is 5.57. The first kappa shape index (κ1) is 24.6. The Labute approximate surface area is 177 Å². The molecular weight excluding hydrogens is 458 g/mol. The molecule has 2 atom stereocenters. The molecule has 2 unspecified atom stereocenters. The Morgan fingerprint density at radius 2 is 1.79 bits per heavy atom. The summed E-state index contributed by atoms with van der Waals surface area (Å²) < 4.78 is 17.9. The van der Waals surface area contributed by atoms with Crippen molar-refractivity contribution in [1.29, 1.82) is 0 Å². The smallest absolute Gasteiger partial charge is 0.414 e. The van der Waals surface area contributed by atoms with Crippen LogP contribution in [0.4, 0.5) is 0 Å². The molecule has 0 amide bonds. The Hall–Kier alpha value is -1.39. The van der Waals surface area contributed by atoms with Gasteiger partial charge in [0.15, 0.2) is 0 Å². The molecule has 0 radical (unpaired) electrons. The third-order valence-electron chi connectivity index (χ3n) is 3.61. The molecule has 2 N–H and O–H groups in total. The second-order valence-corrected chi connectivity index (χ2v) is 7.49. The Bertz CT molecular complexity index is 624. The van der Waals surface area contributed by atoms with Gasteiger partial charge in [-0.2, -0.15) is 0 Å². The number of ether oxygens (including phenoxy) is 3. The molecule has 158 valence electrons. The van der Waals surface area contributed by atoms with E-state index in [2.05, 4.69) is 34.7 Å². The molecule has 2 rings (SSSR count). The molecule has 10 heteroatoms. The molecule has 1 aromatic rings. The van der Waals surface area contributed by atoms with Gasteiger partial charge in [-0.15, -0.1) is 0 Å². The second-order valence-electron chi connectivity index (χ2n) is 6.16. The van der Waals surface area contributed by atoms with E-state index in [1.807, 2.05) is 18.2 Å². The van der Waals surface area contributed by atoms with E-state index in [4.69, 9.17) is 45.6 Å². The van der Waals surface area contributed by atoms with E-state index in [9.17, 15) is 0 Å². The van der Waals surface area contributed by atoms with Crippen LogP contribution in [0.1, 0.15) is 13.8 Å². The number of aliphatic carboxylic acids is 2. The lowest BCUT2D eigenvalue weighted by atomic mass is 10.2. The van der Waals surface area contributed by atoms with Crippen LogP contribution >= 0.6 is 27.5 Å². The van der Waals surface area contributed by atoms with Gasteiger partial charge in [0.1, 0.15) is 12.4 Å². The highest BCUT2D eigenvalue weighted by atomic mass is 79.9. The minimum absolute atomic E-state index is 0.298. The molecule has 1 aliphatic rings. The maximum atomic E-state index is 9.10. The van der Waals surface area contributed by atoms with Gasteiger partial charge in [-0.3, -0.25) is 4.90 Å². The van der Waals surface area contributed by atoms with Gasteiger partial charge in [-0.25, -0.2) is 9.59 Å². The van der Waals surface area contributed by atoms with Gasteiger partial charge in [-0.1, -0.05) is 27.5 Å². The number of benzene rings is 1. The van der Waals surface area contributed by atoms with Gasteiger partial charge >= 0.3 is 11.9 Å². The van der Waals surface area contributed by atoms with E-state index in [1.54, 1.807) is 0 Å². The Morgan fingerprint density at radius 3 is 2.32 bits per heavy atom. The molecule has 0 aliphatic carbocycles. The van der Waals surface area contributed by atoms with Crippen LogP contribution in [0.2, 0.25) is 5.02 Å². The van der Waals surface area contributed by atoms with Crippen molar-refractivity contribution in [3.63, 3.8) is 0 Å². The zero-order valence-electron chi connectivity index (χ0n) is 15.8. The van der Waals surface area contributed by atoms with Crippen LogP contribution in [0.25, 0.3) is 0 Å². The molecule has 0 bridgehead atoms. The quantitative estimate of drug-likeness (QED) is 0.451. The van der Waals surface area contributed by atoms with E-state index in [-0.39, 0.29) is 0 Å². The molecule has 1 fully saturated rings. The Balaban J connectivity index is 0.000000568. The summed E-state index contributed by atoms with van der Waals surface area (Å²) >= 11 is 9.45. The monoisotopic (exact) mass is 481 g/mol. The van der Waals surface area contributed by atoms with Crippen LogP contribution < -0.4 is 4.74 Å². The number of carbonyl (C=O) groups is 2. The highest BCUT2D eigenvalue weighted by Crippen LogP contribution is 2.27. The average Bonchev–Trinajstić information content (AvgIpc) is 2.59. The van der Waals surface area contributed by atoms with Crippen LogP contribution in [0, 0.1) is 0 Å². The van der Waals surface area contributed by atoms with Crippen LogP contribution in [-0.2, 0) is 19.1 Å². The van der Waals surface area contributed by atoms with Gasteiger partial charge in [0.2, 0.25) is 0 Å². The number of halogens is 2. The molecular formula is C18H25BrClNO7. The zero-order chi connectivity index (χ0) is 21.1. The normalized spacial score (nSPS) is 19.4. The number of nitrogens with zero attached hydrogens (tertiary/aromatic N) is 1. The zero-order valence-corrected chi connectivity index (χ0v) is 18.1. The number of hydrogen-bond donors (Lipinski definition) is 2. The van der Waals surface area contributed by atoms with E-state index in [0.717, 1.165) is 24.1 Å².